The molecule has 2 aromatic carbocycles. The Bertz CT molecular complexity index is 871. The van der Waals surface area contributed by atoms with Crippen molar-refractivity contribution in [2.45, 2.75) is 59.2 Å². The maximum absolute atomic E-state index is 12.8. The highest BCUT2D eigenvalue weighted by atomic mass is 16.1. The van der Waals surface area contributed by atoms with Crippen LogP contribution in [0.4, 0.5) is 0 Å². The Morgan fingerprint density at radius 3 is 2.38 bits per heavy atom. The Labute approximate surface area is 194 Å². The minimum absolute atomic E-state index is 0.0912. The van der Waals surface area contributed by atoms with Gasteiger partial charge in [0.05, 0.1) is 5.92 Å². The number of benzene rings is 2. The summed E-state index contributed by atoms with van der Waals surface area (Å²) < 4.78 is 0. The van der Waals surface area contributed by atoms with Crippen molar-refractivity contribution in [2.75, 3.05) is 26.2 Å². The quantitative estimate of drug-likeness (QED) is 0.684. The van der Waals surface area contributed by atoms with Gasteiger partial charge in [-0.2, -0.15) is 0 Å². The van der Waals surface area contributed by atoms with E-state index in [0.717, 1.165) is 44.9 Å². The lowest BCUT2D eigenvalue weighted by Gasteiger charge is -2.32. The molecule has 2 saturated heterocycles. The topological polar surface area (TPSA) is 35.6 Å². The summed E-state index contributed by atoms with van der Waals surface area (Å²) >= 11 is 0. The average molecular weight is 434 g/mol. The summed E-state index contributed by atoms with van der Waals surface area (Å²) in [7, 11) is 0. The summed E-state index contributed by atoms with van der Waals surface area (Å²) in [5, 5.41) is 3.19. The van der Waals surface area contributed by atoms with Gasteiger partial charge in [0.15, 0.2) is 0 Å². The third kappa shape index (κ3) is 6.43. The lowest BCUT2D eigenvalue weighted by molar-refractivity contribution is -0.126. The van der Waals surface area contributed by atoms with Crippen LogP contribution in [0.3, 0.4) is 0 Å². The highest BCUT2D eigenvalue weighted by molar-refractivity contribution is 5.79. The largest absolute Gasteiger partial charge is 0.352 e. The van der Waals surface area contributed by atoms with E-state index in [-0.39, 0.29) is 11.8 Å². The third-order valence-corrected chi connectivity index (χ3v) is 7.30. The number of rotatable bonds is 7. The standard InChI is InChI=1S/C28H39N3O/c1-22-13-16-30(17-14-22)19-25-11-9-24(10-12-25)18-29-28(32)27-8-5-15-31(21-27)20-26-7-4-3-6-23(26)2/h3-4,6-7,9-12,22,27H,5,8,13-21H2,1-2H3,(H,29,32). The SMILES string of the molecule is Cc1ccccc1CN1CCCC(C(=O)NCc2ccc(CN3CCC(C)CC3)cc2)C1. The lowest BCUT2D eigenvalue weighted by atomic mass is 9.96. The number of likely N-dealkylation sites (tertiary alicyclic amines) is 2. The molecule has 2 fully saturated rings. The van der Waals surface area contributed by atoms with Crippen LogP contribution in [0.2, 0.25) is 0 Å². The first-order chi connectivity index (χ1) is 15.6. The van der Waals surface area contributed by atoms with Crippen molar-refractivity contribution >= 4 is 5.91 Å². The number of nitrogens with zero attached hydrogens (tertiary/aromatic N) is 2. The number of piperidine rings is 2. The molecule has 4 heteroatoms. The van der Waals surface area contributed by atoms with Crippen molar-refractivity contribution in [1.82, 2.24) is 15.1 Å². The second-order valence-electron chi connectivity index (χ2n) is 9.99. The van der Waals surface area contributed by atoms with Crippen LogP contribution in [0, 0.1) is 18.8 Å². The molecule has 0 spiro atoms. The summed E-state index contributed by atoms with van der Waals surface area (Å²) in [6.45, 7) is 11.5. The van der Waals surface area contributed by atoms with Gasteiger partial charge < -0.3 is 5.32 Å². The third-order valence-electron chi connectivity index (χ3n) is 7.30. The molecule has 1 amide bonds. The Balaban J connectivity index is 1.23. The highest BCUT2D eigenvalue weighted by Gasteiger charge is 2.25. The summed E-state index contributed by atoms with van der Waals surface area (Å²) in [6, 6.07) is 17.4. The predicted molar refractivity (Wildman–Crippen MR) is 131 cm³/mol. The molecule has 2 heterocycles. The smallest absolute Gasteiger partial charge is 0.224 e. The number of carbonyl (C=O) groups excluding carboxylic acids is 1. The molecule has 2 aliphatic rings. The zero-order valence-electron chi connectivity index (χ0n) is 19.9. The molecule has 32 heavy (non-hydrogen) atoms. The fourth-order valence-corrected chi connectivity index (χ4v) is 5.02. The second-order valence-corrected chi connectivity index (χ2v) is 9.99. The Kier molecular flexibility index (Phi) is 7.99. The van der Waals surface area contributed by atoms with Crippen LogP contribution in [0.5, 0.6) is 0 Å². The van der Waals surface area contributed by atoms with Crippen LogP contribution in [-0.4, -0.2) is 41.9 Å². The number of amides is 1. The predicted octanol–water partition coefficient (Wildman–Crippen LogP) is 4.76. The van der Waals surface area contributed by atoms with Gasteiger partial charge in [0.1, 0.15) is 0 Å². The zero-order valence-corrected chi connectivity index (χ0v) is 19.9. The van der Waals surface area contributed by atoms with Crippen molar-refractivity contribution in [3.63, 3.8) is 0 Å². The Morgan fingerprint density at radius 1 is 0.906 bits per heavy atom. The van der Waals surface area contributed by atoms with Crippen LogP contribution in [-0.2, 0) is 24.4 Å². The van der Waals surface area contributed by atoms with Gasteiger partial charge in [0.2, 0.25) is 5.91 Å². The van der Waals surface area contributed by atoms with E-state index in [2.05, 4.69) is 77.5 Å². The van der Waals surface area contributed by atoms with E-state index >= 15 is 0 Å². The number of aryl methyl sites for hydroxylation is 1. The van der Waals surface area contributed by atoms with Crippen LogP contribution in [0.25, 0.3) is 0 Å². The number of hydrogen-bond donors (Lipinski definition) is 1. The van der Waals surface area contributed by atoms with Gasteiger partial charge in [-0.1, -0.05) is 55.5 Å². The molecule has 2 aromatic rings. The summed E-state index contributed by atoms with van der Waals surface area (Å²) in [5.74, 6) is 1.16. The normalized spacial score (nSPS) is 20.9. The molecular weight excluding hydrogens is 394 g/mol. The van der Waals surface area contributed by atoms with Gasteiger partial charge in [-0.3, -0.25) is 14.6 Å². The van der Waals surface area contributed by atoms with Gasteiger partial charge >= 0.3 is 0 Å². The molecule has 4 rings (SSSR count). The zero-order chi connectivity index (χ0) is 22.3. The van der Waals surface area contributed by atoms with Crippen molar-refractivity contribution < 1.29 is 4.79 Å². The lowest BCUT2D eigenvalue weighted by Crippen LogP contribution is -2.42. The summed E-state index contributed by atoms with van der Waals surface area (Å²) in [5.41, 5.74) is 5.25. The molecule has 4 nitrogen and oxygen atoms in total. The number of nitrogens with one attached hydrogen (secondary N) is 1. The molecule has 2 aliphatic heterocycles. The molecule has 0 bridgehead atoms. The van der Waals surface area contributed by atoms with E-state index < -0.39 is 0 Å². The van der Waals surface area contributed by atoms with Crippen LogP contribution in [0.1, 0.15) is 54.9 Å². The molecule has 172 valence electrons. The summed E-state index contributed by atoms with van der Waals surface area (Å²) in [4.78, 5) is 17.8. The van der Waals surface area contributed by atoms with Gasteiger partial charge in [-0.25, -0.2) is 0 Å². The van der Waals surface area contributed by atoms with E-state index in [1.54, 1.807) is 0 Å². The Morgan fingerprint density at radius 2 is 1.62 bits per heavy atom. The fourth-order valence-electron chi connectivity index (χ4n) is 5.02. The van der Waals surface area contributed by atoms with Crippen LogP contribution >= 0.6 is 0 Å². The second kappa shape index (κ2) is 11.1. The Hall–Kier alpha value is -2.17. The van der Waals surface area contributed by atoms with Gasteiger partial charge in [0, 0.05) is 26.2 Å². The molecule has 0 aliphatic carbocycles. The number of hydrogen-bond acceptors (Lipinski definition) is 3. The van der Waals surface area contributed by atoms with Crippen molar-refractivity contribution in [1.29, 1.82) is 0 Å². The molecule has 1 unspecified atom stereocenters. The van der Waals surface area contributed by atoms with Crippen LogP contribution < -0.4 is 5.32 Å². The van der Waals surface area contributed by atoms with Gasteiger partial charge in [0.25, 0.3) is 0 Å². The highest BCUT2D eigenvalue weighted by Crippen LogP contribution is 2.21. The van der Waals surface area contributed by atoms with Crippen molar-refractivity contribution in [3.8, 4) is 0 Å². The first-order valence-electron chi connectivity index (χ1n) is 12.4. The molecular formula is C28H39N3O. The van der Waals surface area contributed by atoms with Gasteiger partial charge in [-0.05, 0) is 80.4 Å². The summed E-state index contributed by atoms with van der Waals surface area (Å²) in [6.07, 6.45) is 4.71. The molecule has 1 N–H and O–H groups in total. The minimum atomic E-state index is 0.0912. The van der Waals surface area contributed by atoms with E-state index in [4.69, 9.17) is 0 Å². The monoisotopic (exact) mass is 433 g/mol. The maximum Gasteiger partial charge on any atom is 0.224 e. The van der Waals surface area contributed by atoms with Gasteiger partial charge in [-0.15, -0.1) is 0 Å². The first-order valence-corrected chi connectivity index (χ1v) is 12.4. The van der Waals surface area contributed by atoms with E-state index in [0.29, 0.717) is 6.54 Å². The van der Waals surface area contributed by atoms with E-state index in [1.165, 1.54) is 48.2 Å². The first kappa shape index (κ1) is 23.0. The average Bonchev–Trinajstić information content (AvgIpc) is 2.81. The van der Waals surface area contributed by atoms with Crippen molar-refractivity contribution in [2.24, 2.45) is 11.8 Å². The minimum Gasteiger partial charge on any atom is -0.352 e. The number of carbonyl (C=O) groups is 1. The van der Waals surface area contributed by atoms with E-state index in [1.807, 2.05) is 0 Å². The van der Waals surface area contributed by atoms with Crippen LogP contribution in [0.15, 0.2) is 48.5 Å². The van der Waals surface area contributed by atoms with E-state index in [9.17, 15) is 4.79 Å². The molecule has 0 saturated carbocycles. The van der Waals surface area contributed by atoms with Crippen molar-refractivity contribution in [3.05, 3.63) is 70.8 Å². The fraction of sp³-hybridized carbons (Fsp3) is 0.536. The molecule has 0 radical (unpaired) electrons. The molecule has 0 aromatic heterocycles. The maximum atomic E-state index is 12.8. The molecule has 1 atom stereocenters.